The van der Waals surface area contributed by atoms with Gasteiger partial charge in [0.25, 0.3) is 5.91 Å². The number of nitrogens with zero attached hydrogens (tertiary/aromatic N) is 2. The van der Waals surface area contributed by atoms with Crippen molar-refractivity contribution in [2.45, 2.75) is 13.8 Å². The molecule has 0 bridgehead atoms. The Balaban J connectivity index is 2.05. The number of amides is 1. The summed E-state index contributed by atoms with van der Waals surface area (Å²) < 4.78 is 13.4. The van der Waals surface area contributed by atoms with E-state index in [4.69, 9.17) is 0 Å². The van der Waals surface area contributed by atoms with Crippen molar-refractivity contribution in [3.8, 4) is 0 Å². The fourth-order valence-corrected chi connectivity index (χ4v) is 2.18. The predicted octanol–water partition coefficient (Wildman–Crippen LogP) is 1.91. The van der Waals surface area contributed by atoms with Crippen molar-refractivity contribution in [1.82, 2.24) is 9.80 Å². The molecule has 1 saturated heterocycles. The van der Waals surface area contributed by atoms with Gasteiger partial charge in [-0.3, -0.25) is 4.79 Å². The van der Waals surface area contributed by atoms with Crippen molar-refractivity contribution >= 4 is 5.91 Å². The Morgan fingerprint density at radius 1 is 1.28 bits per heavy atom. The van der Waals surface area contributed by atoms with Crippen molar-refractivity contribution < 1.29 is 9.18 Å². The van der Waals surface area contributed by atoms with Gasteiger partial charge >= 0.3 is 0 Å². The van der Waals surface area contributed by atoms with Crippen LogP contribution in [0.4, 0.5) is 4.39 Å². The van der Waals surface area contributed by atoms with Gasteiger partial charge in [-0.1, -0.05) is 13.0 Å². The van der Waals surface area contributed by atoms with Crippen LogP contribution in [-0.4, -0.2) is 48.4 Å². The van der Waals surface area contributed by atoms with Crippen LogP contribution in [0.25, 0.3) is 0 Å². The number of carbonyl (C=O) groups is 1. The van der Waals surface area contributed by atoms with Crippen LogP contribution in [0.1, 0.15) is 22.8 Å². The average molecular weight is 250 g/mol. The summed E-state index contributed by atoms with van der Waals surface area (Å²) in [5.41, 5.74) is 1.02. The number of piperazine rings is 1. The van der Waals surface area contributed by atoms with Gasteiger partial charge in [-0.15, -0.1) is 0 Å². The SMILES string of the molecule is CCN1CCN(C(=O)c2ccc(C)c(F)c2)CC1. The first-order valence-electron chi connectivity index (χ1n) is 6.39. The third kappa shape index (κ3) is 2.70. The maximum absolute atomic E-state index is 13.4. The molecule has 0 saturated carbocycles. The van der Waals surface area contributed by atoms with Crippen molar-refractivity contribution in [1.29, 1.82) is 0 Å². The maximum Gasteiger partial charge on any atom is 0.254 e. The molecule has 1 aromatic carbocycles. The molecule has 1 aromatic rings. The highest BCUT2D eigenvalue weighted by molar-refractivity contribution is 5.94. The molecule has 2 rings (SSSR count). The van der Waals surface area contributed by atoms with E-state index in [-0.39, 0.29) is 11.7 Å². The Morgan fingerprint density at radius 3 is 2.50 bits per heavy atom. The summed E-state index contributed by atoms with van der Waals surface area (Å²) in [6, 6.07) is 4.70. The van der Waals surface area contributed by atoms with E-state index in [2.05, 4.69) is 11.8 Å². The van der Waals surface area contributed by atoms with Gasteiger partial charge in [0, 0.05) is 31.7 Å². The minimum absolute atomic E-state index is 0.0651. The first-order valence-corrected chi connectivity index (χ1v) is 6.39. The molecule has 1 amide bonds. The van der Waals surface area contributed by atoms with E-state index in [0.29, 0.717) is 11.1 Å². The molecule has 1 aliphatic heterocycles. The summed E-state index contributed by atoms with van der Waals surface area (Å²) in [6.07, 6.45) is 0. The van der Waals surface area contributed by atoms with Crippen LogP contribution in [0.2, 0.25) is 0 Å². The zero-order chi connectivity index (χ0) is 13.1. The maximum atomic E-state index is 13.4. The highest BCUT2D eigenvalue weighted by atomic mass is 19.1. The molecule has 0 N–H and O–H groups in total. The van der Waals surface area contributed by atoms with Crippen molar-refractivity contribution in [2.24, 2.45) is 0 Å². The Hall–Kier alpha value is -1.42. The lowest BCUT2D eigenvalue weighted by Crippen LogP contribution is -2.48. The molecule has 0 aromatic heterocycles. The van der Waals surface area contributed by atoms with Crippen molar-refractivity contribution in [3.05, 3.63) is 35.1 Å². The van der Waals surface area contributed by atoms with E-state index in [1.807, 2.05) is 0 Å². The van der Waals surface area contributed by atoms with E-state index < -0.39 is 0 Å². The lowest BCUT2D eigenvalue weighted by molar-refractivity contribution is 0.0643. The summed E-state index contributed by atoms with van der Waals surface area (Å²) in [5, 5.41) is 0. The summed E-state index contributed by atoms with van der Waals surface area (Å²) in [4.78, 5) is 16.3. The second-order valence-corrected chi connectivity index (χ2v) is 4.69. The topological polar surface area (TPSA) is 23.6 Å². The normalized spacial score (nSPS) is 16.9. The number of likely N-dealkylation sites (N-methyl/N-ethyl adjacent to an activating group) is 1. The molecule has 3 nitrogen and oxygen atoms in total. The fourth-order valence-electron chi connectivity index (χ4n) is 2.18. The van der Waals surface area contributed by atoms with Gasteiger partial charge in [0.05, 0.1) is 0 Å². The molecular formula is C14H19FN2O. The summed E-state index contributed by atoms with van der Waals surface area (Å²) in [6.45, 7) is 8.08. The number of aryl methyl sites for hydroxylation is 1. The first kappa shape index (κ1) is 13.0. The standard InChI is InChI=1S/C14H19FN2O/c1-3-16-6-8-17(9-7-16)14(18)12-5-4-11(2)13(15)10-12/h4-5,10H,3,6-9H2,1-2H3. The predicted molar refractivity (Wildman–Crippen MR) is 69.2 cm³/mol. The fraction of sp³-hybridized carbons (Fsp3) is 0.500. The average Bonchev–Trinajstić information content (AvgIpc) is 2.41. The third-order valence-electron chi connectivity index (χ3n) is 3.53. The first-order chi connectivity index (χ1) is 8.61. The second-order valence-electron chi connectivity index (χ2n) is 4.69. The quantitative estimate of drug-likeness (QED) is 0.800. The van der Waals surface area contributed by atoms with Gasteiger partial charge < -0.3 is 9.80 Å². The van der Waals surface area contributed by atoms with Gasteiger partial charge in [0.15, 0.2) is 0 Å². The van der Waals surface area contributed by atoms with Gasteiger partial charge in [-0.05, 0) is 31.2 Å². The minimum Gasteiger partial charge on any atom is -0.336 e. The Kier molecular flexibility index (Phi) is 3.97. The largest absolute Gasteiger partial charge is 0.336 e. The number of halogens is 1. The lowest BCUT2D eigenvalue weighted by atomic mass is 10.1. The van der Waals surface area contributed by atoms with Gasteiger partial charge in [-0.25, -0.2) is 4.39 Å². The van der Waals surface area contributed by atoms with Crippen LogP contribution in [0.5, 0.6) is 0 Å². The number of rotatable bonds is 2. The van der Waals surface area contributed by atoms with E-state index >= 15 is 0 Å². The third-order valence-corrected chi connectivity index (χ3v) is 3.53. The van der Waals surface area contributed by atoms with Gasteiger partial charge in [0.1, 0.15) is 5.82 Å². The van der Waals surface area contributed by atoms with E-state index in [9.17, 15) is 9.18 Å². The Bertz CT molecular complexity index is 439. The number of carbonyl (C=O) groups excluding carboxylic acids is 1. The molecule has 4 heteroatoms. The minimum atomic E-state index is -0.312. The highest BCUT2D eigenvalue weighted by Crippen LogP contribution is 2.13. The number of hydrogen-bond donors (Lipinski definition) is 0. The zero-order valence-electron chi connectivity index (χ0n) is 10.9. The van der Waals surface area contributed by atoms with Crippen molar-refractivity contribution in [2.75, 3.05) is 32.7 Å². The lowest BCUT2D eigenvalue weighted by Gasteiger charge is -2.34. The molecule has 0 spiro atoms. The molecular weight excluding hydrogens is 231 g/mol. The van der Waals surface area contributed by atoms with Crippen LogP contribution < -0.4 is 0 Å². The monoisotopic (exact) mass is 250 g/mol. The smallest absolute Gasteiger partial charge is 0.254 e. The van der Waals surface area contributed by atoms with Gasteiger partial charge in [0.2, 0.25) is 0 Å². The van der Waals surface area contributed by atoms with Crippen LogP contribution in [0.15, 0.2) is 18.2 Å². The molecule has 1 fully saturated rings. The number of hydrogen-bond acceptors (Lipinski definition) is 2. The van der Waals surface area contributed by atoms with E-state index in [1.165, 1.54) is 6.07 Å². The number of benzene rings is 1. The van der Waals surface area contributed by atoms with Crippen LogP contribution in [0.3, 0.4) is 0 Å². The van der Waals surface area contributed by atoms with E-state index in [1.54, 1.807) is 24.0 Å². The summed E-state index contributed by atoms with van der Waals surface area (Å²) in [7, 11) is 0. The molecule has 1 heterocycles. The zero-order valence-corrected chi connectivity index (χ0v) is 10.9. The van der Waals surface area contributed by atoms with E-state index in [0.717, 1.165) is 32.7 Å². The molecule has 98 valence electrons. The summed E-state index contributed by atoms with van der Waals surface area (Å²) >= 11 is 0. The molecule has 0 radical (unpaired) electrons. The molecule has 1 aliphatic rings. The molecule has 0 atom stereocenters. The molecule has 0 unspecified atom stereocenters. The van der Waals surface area contributed by atoms with Crippen LogP contribution in [0, 0.1) is 12.7 Å². The summed E-state index contributed by atoms with van der Waals surface area (Å²) in [5.74, 6) is -0.377. The van der Waals surface area contributed by atoms with Gasteiger partial charge in [-0.2, -0.15) is 0 Å². The van der Waals surface area contributed by atoms with Crippen LogP contribution in [-0.2, 0) is 0 Å². The Labute approximate surface area is 107 Å². The van der Waals surface area contributed by atoms with Crippen LogP contribution >= 0.6 is 0 Å². The Morgan fingerprint density at radius 2 is 1.94 bits per heavy atom. The second kappa shape index (κ2) is 5.48. The highest BCUT2D eigenvalue weighted by Gasteiger charge is 2.21. The van der Waals surface area contributed by atoms with Crippen molar-refractivity contribution in [3.63, 3.8) is 0 Å². The molecule has 0 aliphatic carbocycles. The molecule has 18 heavy (non-hydrogen) atoms.